The number of H-pyrrole nitrogens is 1. The highest BCUT2D eigenvalue weighted by Gasteiger charge is 2.09. The minimum Gasteiger partial charge on any atom is -0.383 e. The molecule has 0 saturated heterocycles. The van der Waals surface area contributed by atoms with Gasteiger partial charge in [-0.1, -0.05) is 30.3 Å². The minimum atomic E-state index is -0.584. The van der Waals surface area contributed by atoms with Gasteiger partial charge in [0.05, 0.1) is 0 Å². The van der Waals surface area contributed by atoms with Crippen LogP contribution in [0.1, 0.15) is 12.5 Å². The van der Waals surface area contributed by atoms with Gasteiger partial charge in [0.15, 0.2) is 5.69 Å². The van der Waals surface area contributed by atoms with E-state index >= 15 is 0 Å². The first-order chi connectivity index (χ1) is 9.13. The van der Waals surface area contributed by atoms with Gasteiger partial charge < -0.3 is 5.73 Å². The zero-order valence-electron chi connectivity index (χ0n) is 10.5. The number of nitrogens with two attached hydrogens (primary N) is 1. The molecule has 2 aromatic rings. The Bertz CT molecular complexity index is 714. The molecule has 2 rings (SSSR count). The van der Waals surface area contributed by atoms with Crippen molar-refractivity contribution < 1.29 is 0 Å². The number of hydrogen-bond donors (Lipinski definition) is 2. The fourth-order valence-electron chi connectivity index (χ4n) is 1.69. The van der Waals surface area contributed by atoms with E-state index in [2.05, 4.69) is 9.98 Å². The summed E-state index contributed by atoms with van der Waals surface area (Å²) in [5.41, 5.74) is 5.57. The van der Waals surface area contributed by atoms with Gasteiger partial charge in [-0.05, 0) is 12.5 Å². The summed E-state index contributed by atoms with van der Waals surface area (Å²) in [6, 6.07) is 9.31. The van der Waals surface area contributed by atoms with Crippen LogP contribution in [0, 0.1) is 0 Å². The molecule has 98 valence electrons. The van der Waals surface area contributed by atoms with Crippen molar-refractivity contribution in [2.24, 2.45) is 4.99 Å². The Labute approximate surface area is 109 Å². The molecule has 0 fully saturated rings. The van der Waals surface area contributed by atoms with E-state index in [1.807, 2.05) is 30.3 Å². The highest BCUT2D eigenvalue weighted by atomic mass is 16.2. The molecule has 1 heterocycles. The molecule has 0 saturated carbocycles. The van der Waals surface area contributed by atoms with Gasteiger partial charge in [0.2, 0.25) is 0 Å². The second-order valence-electron chi connectivity index (χ2n) is 3.91. The van der Waals surface area contributed by atoms with E-state index in [4.69, 9.17) is 5.73 Å². The molecule has 0 aliphatic heterocycles. The van der Waals surface area contributed by atoms with Crippen LogP contribution in [0.5, 0.6) is 0 Å². The molecule has 3 N–H and O–H groups in total. The summed E-state index contributed by atoms with van der Waals surface area (Å²) in [6.45, 7) is 2.13. The summed E-state index contributed by atoms with van der Waals surface area (Å²) >= 11 is 0. The lowest BCUT2D eigenvalue weighted by Gasteiger charge is -2.07. The van der Waals surface area contributed by atoms with Crippen LogP contribution in [0.25, 0.3) is 0 Å². The molecule has 0 unspecified atom stereocenters. The van der Waals surface area contributed by atoms with Crippen LogP contribution < -0.4 is 17.0 Å². The van der Waals surface area contributed by atoms with Crippen LogP contribution in [-0.4, -0.2) is 15.8 Å². The first kappa shape index (κ1) is 12.8. The van der Waals surface area contributed by atoms with Crippen LogP contribution >= 0.6 is 0 Å². The van der Waals surface area contributed by atoms with Gasteiger partial charge >= 0.3 is 5.69 Å². The third kappa shape index (κ3) is 2.62. The van der Waals surface area contributed by atoms with E-state index in [0.717, 1.165) is 5.56 Å². The topological polar surface area (TPSA) is 93.2 Å². The summed E-state index contributed by atoms with van der Waals surface area (Å²) in [4.78, 5) is 29.4. The number of benzene rings is 1. The molecule has 1 aromatic heterocycles. The van der Waals surface area contributed by atoms with E-state index in [9.17, 15) is 9.59 Å². The predicted octanol–water partition coefficient (Wildman–Crippen LogP) is 0.889. The zero-order chi connectivity index (χ0) is 13.8. The molecule has 0 aliphatic carbocycles. The second kappa shape index (κ2) is 5.34. The molecule has 6 nitrogen and oxygen atoms in total. The van der Waals surface area contributed by atoms with Crippen molar-refractivity contribution in [3.05, 3.63) is 56.7 Å². The summed E-state index contributed by atoms with van der Waals surface area (Å²) in [5, 5.41) is 0. The van der Waals surface area contributed by atoms with E-state index in [-0.39, 0.29) is 11.5 Å². The van der Waals surface area contributed by atoms with Crippen molar-refractivity contribution in [2.75, 3.05) is 5.73 Å². The normalized spacial score (nSPS) is 11.0. The smallest absolute Gasteiger partial charge is 0.330 e. The monoisotopic (exact) mass is 258 g/mol. The van der Waals surface area contributed by atoms with E-state index in [1.54, 1.807) is 6.92 Å². The van der Waals surface area contributed by atoms with Crippen LogP contribution in [0.4, 0.5) is 11.5 Å². The van der Waals surface area contributed by atoms with Gasteiger partial charge in [0.1, 0.15) is 5.82 Å². The third-order valence-electron chi connectivity index (χ3n) is 2.67. The Balaban J connectivity index is 2.49. The number of hydrogen-bond acceptors (Lipinski definition) is 4. The highest BCUT2D eigenvalue weighted by Crippen LogP contribution is 2.13. The average Bonchev–Trinajstić information content (AvgIpc) is 2.39. The fourth-order valence-corrected chi connectivity index (χ4v) is 1.69. The van der Waals surface area contributed by atoms with Crippen LogP contribution in [0.3, 0.4) is 0 Å². The van der Waals surface area contributed by atoms with Crippen molar-refractivity contribution in [3.8, 4) is 0 Å². The molecule has 0 radical (unpaired) electrons. The first-order valence-corrected chi connectivity index (χ1v) is 5.85. The Hall–Kier alpha value is -2.63. The lowest BCUT2D eigenvalue weighted by Crippen LogP contribution is -2.31. The summed E-state index contributed by atoms with van der Waals surface area (Å²) in [7, 11) is 0. The van der Waals surface area contributed by atoms with E-state index in [0.29, 0.717) is 6.54 Å². The Morgan fingerprint density at radius 1 is 1.32 bits per heavy atom. The molecule has 19 heavy (non-hydrogen) atoms. The molecule has 0 amide bonds. The Morgan fingerprint density at radius 2 is 2.00 bits per heavy atom. The van der Waals surface area contributed by atoms with Gasteiger partial charge in [-0.15, -0.1) is 0 Å². The van der Waals surface area contributed by atoms with Crippen molar-refractivity contribution in [2.45, 2.75) is 13.5 Å². The number of rotatable bonds is 3. The fraction of sp³-hybridized carbons (Fsp3) is 0.154. The maximum absolute atomic E-state index is 11.7. The molecule has 0 spiro atoms. The summed E-state index contributed by atoms with van der Waals surface area (Å²) < 4.78 is 1.26. The Kier molecular flexibility index (Phi) is 3.61. The molecule has 6 heteroatoms. The summed E-state index contributed by atoms with van der Waals surface area (Å²) in [5.74, 6) is 0.0726. The van der Waals surface area contributed by atoms with Crippen LogP contribution in [-0.2, 0) is 6.54 Å². The molecular weight excluding hydrogens is 244 g/mol. The second-order valence-corrected chi connectivity index (χ2v) is 3.91. The van der Waals surface area contributed by atoms with E-state index < -0.39 is 11.2 Å². The highest BCUT2D eigenvalue weighted by molar-refractivity contribution is 5.83. The number of aromatic nitrogens is 2. The lowest BCUT2D eigenvalue weighted by atomic mass is 10.2. The molecule has 0 aliphatic rings. The van der Waals surface area contributed by atoms with Gasteiger partial charge in [0.25, 0.3) is 5.56 Å². The third-order valence-corrected chi connectivity index (χ3v) is 2.67. The number of anilines is 1. The maximum atomic E-state index is 11.7. The minimum absolute atomic E-state index is 0.0466. The maximum Gasteiger partial charge on any atom is 0.330 e. The SMILES string of the molecule is CCn1c(N)c(N=Cc2ccccc2)c(=O)[nH]c1=O. The molecular formula is C13H14N4O2. The molecule has 0 bridgehead atoms. The Morgan fingerprint density at radius 3 is 2.63 bits per heavy atom. The number of nitrogens with zero attached hydrogens (tertiary/aromatic N) is 2. The number of aliphatic imine (C=N–C) groups is 1. The number of nitrogen functional groups attached to an aromatic ring is 1. The first-order valence-electron chi connectivity index (χ1n) is 5.85. The van der Waals surface area contributed by atoms with Crippen LogP contribution in [0.15, 0.2) is 44.9 Å². The largest absolute Gasteiger partial charge is 0.383 e. The number of aromatic amines is 1. The van der Waals surface area contributed by atoms with Crippen molar-refractivity contribution in [1.82, 2.24) is 9.55 Å². The van der Waals surface area contributed by atoms with Crippen molar-refractivity contribution >= 4 is 17.7 Å². The van der Waals surface area contributed by atoms with Gasteiger partial charge in [-0.3, -0.25) is 14.3 Å². The summed E-state index contributed by atoms with van der Waals surface area (Å²) in [6.07, 6.45) is 1.53. The lowest BCUT2D eigenvalue weighted by molar-refractivity contribution is 0.706. The van der Waals surface area contributed by atoms with Crippen molar-refractivity contribution in [3.63, 3.8) is 0 Å². The molecule has 1 aromatic carbocycles. The van der Waals surface area contributed by atoms with Gasteiger partial charge in [0, 0.05) is 12.8 Å². The van der Waals surface area contributed by atoms with Gasteiger partial charge in [-0.2, -0.15) is 0 Å². The predicted molar refractivity (Wildman–Crippen MR) is 75.1 cm³/mol. The quantitative estimate of drug-likeness (QED) is 0.800. The van der Waals surface area contributed by atoms with Gasteiger partial charge in [-0.25, -0.2) is 9.79 Å². The standard InChI is InChI=1S/C13H14N4O2/c1-2-17-11(14)10(12(18)16-13(17)19)15-8-9-6-4-3-5-7-9/h3-8H,2,14H2,1H3,(H,16,18,19). The average molecular weight is 258 g/mol. The van der Waals surface area contributed by atoms with Crippen LogP contribution in [0.2, 0.25) is 0 Å². The number of nitrogens with one attached hydrogen (secondary N) is 1. The van der Waals surface area contributed by atoms with E-state index in [1.165, 1.54) is 10.8 Å². The van der Waals surface area contributed by atoms with Crippen molar-refractivity contribution in [1.29, 1.82) is 0 Å². The zero-order valence-corrected chi connectivity index (χ0v) is 10.5. The molecule has 0 atom stereocenters.